The molecule has 2 fully saturated rings. The lowest BCUT2D eigenvalue weighted by molar-refractivity contribution is 0.304. The van der Waals surface area contributed by atoms with Crippen molar-refractivity contribution < 1.29 is 4.74 Å². The summed E-state index contributed by atoms with van der Waals surface area (Å²) < 4.78 is 14.0. The normalized spacial score (nSPS) is 17.4. The van der Waals surface area contributed by atoms with Gasteiger partial charge in [0.25, 0.3) is 0 Å². The Morgan fingerprint density at radius 3 is 2.68 bits per heavy atom. The fraction of sp³-hybridized carbons (Fsp3) is 0.368. The van der Waals surface area contributed by atoms with E-state index in [1.165, 1.54) is 18.6 Å². The van der Waals surface area contributed by atoms with Crippen LogP contribution in [0.3, 0.4) is 0 Å². The van der Waals surface area contributed by atoms with E-state index < -0.39 is 0 Å². The molecule has 148 valence electrons. The molecule has 0 unspecified atom stereocenters. The quantitative estimate of drug-likeness (QED) is 0.403. The summed E-state index contributed by atoms with van der Waals surface area (Å²) >= 11 is 13.4. The second kappa shape index (κ2) is 8.37. The van der Waals surface area contributed by atoms with E-state index >= 15 is 0 Å². The number of halogens is 2. The minimum atomic E-state index is 0.280. The highest BCUT2D eigenvalue weighted by molar-refractivity contribution is 7.95. The first-order valence-corrected chi connectivity index (χ1v) is 10.6. The molecule has 2 heterocycles. The van der Waals surface area contributed by atoms with Gasteiger partial charge in [-0.05, 0) is 54.5 Å². The van der Waals surface area contributed by atoms with Crippen LogP contribution in [0.1, 0.15) is 36.3 Å². The minimum absolute atomic E-state index is 0.280. The number of pyridine rings is 1. The molecule has 2 aliphatic rings. The van der Waals surface area contributed by atoms with E-state index in [0.717, 1.165) is 37.1 Å². The summed E-state index contributed by atoms with van der Waals surface area (Å²) in [5.41, 5.74) is 8.57. The van der Waals surface area contributed by atoms with E-state index in [0.29, 0.717) is 34.3 Å². The summed E-state index contributed by atoms with van der Waals surface area (Å²) in [6.07, 6.45) is 5.40. The van der Waals surface area contributed by atoms with Gasteiger partial charge >= 0.3 is 0 Å². The van der Waals surface area contributed by atoms with Gasteiger partial charge in [0.15, 0.2) is 0 Å². The molecule has 0 atom stereocenters. The van der Waals surface area contributed by atoms with Crippen molar-refractivity contribution in [1.82, 2.24) is 8.87 Å². The molecule has 28 heavy (non-hydrogen) atoms. The van der Waals surface area contributed by atoms with Crippen molar-refractivity contribution >= 4 is 41.3 Å². The molecule has 4 rings (SSSR count). The average Bonchev–Trinajstić information content (AvgIpc) is 3.46. The standard InChI is InChI=1S/C19H21Cl2N5OS/c20-16-5-4-14(9-17(16)21)27-11-13-8-18(22)26(10-15(13)12-2-3-12)19(23)24-28-25-6-1-7-25/h4-5,8-10,12,22H,1-3,6-7,11H2,(H2,23,24). The summed E-state index contributed by atoms with van der Waals surface area (Å²) in [4.78, 5) is 0. The summed E-state index contributed by atoms with van der Waals surface area (Å²) in [6.45, 7) is 2.41. The molecule has 1 aromatic carbocycles. The maximum Gasteiger partial charge on any atom is 0.214 e. The van der Waals surface area contributed by atoms with Gasteiger partial charge in [-0.1, -0.05) is 23.2 Å². The predicted octanol–water partition coefficient (Wildman–Crippen LogP) is 4.16. The Bertz CT molecular complexity index is 969. The number of aromatic nitrogens is 1. The van der Waals surface area contributed by atoms with Crippen molar-refractivity contribution in [2.75, 3.05) is 13.1 Å². The first kappa shape index (κ1) is 19.6. The molecule has 3 N–H and O–H groups in total. The lowest BCUT2D eigenvalue weighted by Crippen LogP contribution is -2.35. The van der Waals surface area contributed by atoms with Gasteiger partial charge in [-0.15, -0.1) is 0 Å². The number of hydrogen-bond donors (Lipinski definition) is 2. The molecular weight excluding hydrogens is 417 g/mol. The predicted molar refractivity (Wildman–Crippen MR) is 114 cm³/mol. The molecule has 1 aliphatic heterocycles. The van der Waals surface area contributed by atoms with Crippen LogP contribution in [-0.4, -0.2) is 27.9 Å². The van der Waals surface area contributed by atoms with Gasteiger partial charge in [0.2, 0.25) is 5.96 Å². The summed E-state index contributed by atoms with van der Waals surface area (Å²) in [5.74, 6) is 1.45. The van der Waals surface area contributed by atoms with Gasteiger partial charge in [0, 0.05) is 25.4 Å². The molecule has 1 saturated heterocycles. The molecule has 1 aromatic heterocycles. The highest BCUT2D eigenvalue weighted by atomic mass is 35.5. The number of benzene rings is 1. The fourth-order valence-corrected chi connectivity index (χ4v) is 3.92. The summed E-state index contributed by atoms with van der Waals surface area (Å²) in [6, 6.07) is 7.00. The van der Waals surface area contributed by atoms with Crippen LogP contribution in [0.5, 0.6) is 5.75 Å². The topological polar surface area (TPSA) is 79.6 Å². The van der Waals surface area contributed by atoms with E-state index in [9.17, 15) is 0 Å². The lowest BCUT2D eigenvalue weighted by atomic mass is 10.1. The van der Waals surface area contributed by atoms with E-state index in [1.54, 1.807) is 22.8 Å². The zero-order chi connectivity index (χ0) is 19.7. The van der Waals surface area contributed by atoms with Crippen LogP contribution in [0.15, 0.2) is 34.9 Å². The molecule has 0 spiro atoms. The Labute approximate surface area is 178 Å². The third-order valence-corrected chi connectivity index (χ3v) is 6.43. The van der Waals surface area contributed by atoms with E-state index in [1.807, 2.05) is 12.3 Å². The van der Waals surface area contributed by atoms with Gasteiger partial charge in [-0.3, -0.25) is 9.98 Å². The highest BCUT2D eigenvalue weighted by Gasteiger charge is 2.27. The Balaban J connectivity index is 1.54. The van der Waals surface area contributed by atoms with Gasteiger partial charge in [-0.25, -0.2) is 4.31 Å². The van der Waals surface area contributed by atoms with Gasteiger partial charge in [-0.2, -0.15) is 4.40 Å². The highest BCUT2D eigenvalue weighted by Crippen LogP contribution is 2.41. The summed E-state index contributed by atoms with van der Waals surface area (Å²) in [7, 11) is 0. The summed E-state index contributed by atoms with van der Waals surface area (Å²) in [5, 5.41) is 9.32. The maximum atomic E-state index is 8.38. The molecule has 1 aliphatic carbocycles. The number of hydrogen-bond acceptors (Lipinski definition) is 5. The van der Waals surface area contributed by atoms with Crippen LogP contribution in [0, 0.1) is 5.41 Å². The van der Waals surface area contributed by atoms with Crippen molar-refractivity contribution in [2.24, 2.45) is 10.1 Å². The van der Waals surface area contributed by atoms with Crippen molar-refractivity contribution in [2.45, 2.75) is 31.8 Å². The molecule has 6 nitrogen and oxygen atoms in total. The van der Waals surface area contributed by atoms with Crippen molar-refractivity contribution in [3.05, 3.63) is 57.1 Å². The van der Waals surface area contributed by atoms with Crippen molar-refractivity contribution in [1.29, 1.82) is 5.41 Å². The van der Waals surface area contributed by atoms with E-state index in [-0.39, 0.29) is 5.49 Å². The third kappa shape index (κ3) is 4.49. The van der Waals surface area contributed by atoms with E-state index in [4.69, 9.17) is 39.1 Å². The fourth-order valence-electron chi connectivity index (χ4n) is 2.93. The Kier molecular flexibility index (Phi) is 5.87. The van der Waals surface area contributed by atoms with Crippen LogP contribution >= 0.6 is 35.3 Å². The van der Waals surface area contributed by atoms with Crippen LogP contribution < -0.4 is 16.0 Å². The number of nitrogens with two attached hydrogens (primary N) is 1. The molecule has 1 saturated carbocycles. The van der Waals surface area contributed by atoms with Gasteiger partial charge < -0.3 is 10.5 Å². The monoisotopic (exact) mass is 437 g/mol. The van der Waals surface area contributed by atoms with Crippen LogP contribution in [0.4, 0.5) is 0 Å². The number of nitrogens with one attached hydrogen (secondary N) is 1. The maximum absolute atomic E-state index is 8.38. The molecule has 0 amide bonds. The molecular formula is C19H21Cl2N5OS. The number of rotatable bonds is 6. The van der Waals surface area contributed by atoms with Crippen LogP contribution in [0.2, 0.25) is 10.0 Å². The smallest absolute Gasteiger partial charge is 0.214 e. The molecule has 0 bridgehead atoms. The van der Waals surface area contributed by atoms with Crippen LogP contribution in [-0.2, 0) is 6.61 Å². The van der Waals surface area contributed by atoms with Gasteiger partial charge in [0.05, 0.1) is 22.2 Å². The molecule has 9 heteroatoms. The lowest BCUT2D eigenvalue weighted by Gasteiger charge is -2.26. The Morgan fingerprint density at radius 1 is 1.25 bits per heavy atom. The molecule has 0 radical (unpaired) electrons. The first-order chi connectivity index (χ1) is 13.5. The second-order valence-corrected chi connectivity index (χ2v) is 8.64. The van der Waals surface area contributed by atoms with Crippen molar-refractivity contribution in [3.8, 4) is 5.75 Å². The number of ether oxygens (including phenoxy) is 1. The zero-order valence-corrected chi connectivity index (χ0v) is 17.5. The average molecular weight is 438 g/mol. The zero-order valence-electron chi connectivity index (χ0n) is 15.2. The Morgan fingerprint density at radius 2 is 2.04 bits per heavy atom. The third-order valence-electron chi connectivity index (χ3n) is 4.82. The first-order valence-electron chi connectivity index (χ1n) is 9.15. The Hall–Kier alpha value is -1.67. The molecule has 2 aromatic rings. The SMILES string of the molecule is N=c1cc(COc2ccc(Cl)c(Cl)c2)c(C2CC2)cn1/C(N)=N/SN1CCC1. The van der Waals surface area contributed by atoms with Crippen molar-refractivity contribution in [3.63, 3.8) is 0 Å². The minimum Gasteiger partial charge on any atom is -0.489 e. The van der Waals surface area contributed by atoms with Gasteiger partial charge in [0.1, 0.15) is 17.8 Å². The van der Waals surface area contributed by atoms with E-state index in [2.05, 4.69) is 8.70 Å². The number of nitrogens with zero attached hydrogens (tertiary/aromatic N) is 3. The largest absolute Gasteiger partial charge is 0.489 e. The second-order valence-electron chi connectivity index (χ2n) is 6.96. The van der Waals surface area contributed by atoms with Crippen LogP contribution in [0.25, 0.3) is 0 Å².